The molecular formula is C36H31FN2O5. The van der Waals surface area contributed by atoms with Gasteiger partial charge < -0.3 is 14.4 Å². The molecule has 2 heterocycles. The summed E-state index contributed by atoms with van der Waals surface area (Å²) in [6.45, 7) is 1.07. The number of aromatic carboxylic acids is 1. The topological polar surface area (TPSA) is 88.8 Å². The average molecular weight is 591 g/mol. The minimum atomic E-state index is -1.10. The van der Waals surface area contributed by atoms with Crippen molar-refractivity contribution >= 4 is 45.5 Å². The van der Waals surface area contributed by atoms with E-state index in [0.29, 0.717) is 73.0 Å². The molecule has 0 aliphatic carbocycles. The average Bonchev–Trinajstić information content (AvgIpc) is 3.47. The van der Waals surface area contributed by atoms with Gasteiger partial charge in [0.05, 0.1) is 17.7 Å². The van der Waals surface area contributed by atoms with Gasteiger partial charge >= 0.3 is 5.97 Å². The first-order valence-electron chi connectivity index (χ1n) is 14.7. The number of carboxylic acids is 1. The Hall–Kier alpha value is -5.24. The zero-order valence-electron chi connectivity index (χ0n) is 24.0. The maximum atomic E-state index is 14.3. The number of ether oxygens (including phenoxy) is 1. The van der Waals surface area contributed by atoms with E-state index in [9.17, 15) is 23.9 Å². The largest absolute Gasteiger partial charge is 0.493 e. The standard InChI is InChI=1S/C36H31FN2O5/c37-25-18-19-31-30(23-25)27(14-3-1-2-8-20-39-34(40)28-15-6-7-16-29(28)35(39)41)33(36(42)43)38(31)21-10-22-44-32-17-9-12-24-11-4-5-13-26(24)32/h3-7,9,11-19,23H,1-2,8,10,20-22H2,(H,42,43)/b14-3+. The third-order valence-electron chi connectivity index (χ3n) is 7.97. The molecule has 0 saturated carbocycles. The summed E-state index contributed by atoms with van der Waals surface area (Å²) in [5.74, 6) is -1.31. The van der Waals surface area contributed by atoms with E-state index < -0.39 is 11.8 Å². The zero-order chi connectivity index (χ0) is 30.6. The summed E-state index contributed by atoms with van der Waals surface area (Å²) < 4.78 is 22.1. The molecule has 0 unspecified atom stereocenters. The van der Waals surface area contributed by atoms with E-state index in [0.717, 1.165) is 16.5 Å². The van der Waals surface area contributed by atoms with Crippen LogP contribution in [-0.4, -0.2) is 45.5 Å². The Morgan fingerprint density at radius 3 is 2.32 bits per heavy atom. The van der Waals surface area contributed by atoms with E-state index in [4.69, 9.17) is 4.74 Å². The fourth-order valence-electron chi connectivity index (χ4n) is 5.89. The molecule has 0 radical (unpaired) electrons. The van der Waals surface area contributed by atoms with Crippen LogP contribution in [0.15, 0.2) is 91.0 Å². The number of imide groups is 1. The van der Waals surface area contributed by atoms with E-state index in [1.165, 1.54) is 17.0 Å². The highest BCUT2D eigenvalue weighted by Crippen LogP contribution is 2.30. The molecule has 5 aromatic rings. The molecule has 0 atom stereocenters. The Balaban J connectivity index is 1.12. The summed E-state index contributed by atoms with van der Waals surface area (Å²) in [4.78, 5) is 38.9. The molecular weight excluding hydrogens is 559 g/mol. The predicted molar refractivity (Wildman–Crippen MR) is 168 cm³/mol. The number of unbranched alkanes of at least 4 members (excludes halogenated alkanes) is 2. The van der Waals surface area contributed by atoms with Crippen LogP contribution in [0.1, 0.15) is 62.5 Å². The number of allylic oxidation sites excluding steroid dienone is 1. The van der Waals surface area contributed by atoms with Crippen molar-refractivity contribution in [1.29, 1.82) is 0 Å². The van der Waals surface area contributed by atoms with Gasteiger partial charge in [0.25, 0.3) is 11.8 Å². The molecule has 8 heteroatoms. The Bertz CT molecular complexity index is 1880. The summed E-state index contributed by atoms with van der Waals surface area (Å²) in [6, 6.07) is 25.0. The van der Waals surface area contributed by atoms with Gasteiger partial charge in [0, 0.05) is 34.9 Å². The van der Waals surface area contributed by atoms with Gasteiger partial charge in [-0.05, 0) is 67.5 Å². The summed E-state index contributed by atoms with van der Waals surface area (Å²) in [6.07, 6.45) is 6.03. The normalized spacial score (nSPS) is 13.0. The first-order chi connectivity index (χ1) is 21.4. The summed E-state index contributed by atoms with van der Waals surface area (Å²) in [7, 11) is 0. The number of benzene rings is 4. The number of hydrogen-bond donors (Lipinski definition) is 1. The second-order valence-corrected chi connectivity index (χ2v) is 10.8. The van der Waals surface area contributed by atoms with Gasteiger partial charge in [-0.1, -0.05) is 60.7 Å². The lowest BCUT2D eigenvalue weighted by molar-refractivity contribution is 0.0647. The summed E-state index contributed by atoms with van der Waals surface area (Å²) in [5.41, 5.74) is 2.05. The lowest BCUT2D eigenvalue weighted by Gasteiger charge is -2.12. The van der Waals surface area contributed by atoms with Gasteiger partial charge in [-0.3, -0.25) is 14.5 Å². The van der Waals surface area contributed by atoms with Gasteiger partial charge in [-0.15, -0.1) is 0 Å². The van der Waals surface area contributed by atoms with Gasteiger partial charge in [0.1, 0.15) is 17.3 Å². The monoisotopic (exact) mass is 590 g/mol. The lowest BCUT2D eigenvalue weighted by Crippen LogP contribution is -2.30. The molecule has 1 aromatic heterocycles. The van der Waals surface area contributed by atoms with Crippen molar-refractivity contribution in [3.05, 3.63) is 119 Å². The Kier molecular flexibility index (Phi) is 8.23. The fraction of sp³-hybridized carbons (Fsp3) is 0.194. The maximum Gasteiger partial charge on any atom is 0.353 e. The first kappa shape index (κ1) is 28.9. The predicted octanol–water partition coefficient (Wildman–Crippen LogP) is 7.58. The Labute approximate surface area is 253 Å². The third kappa shape index (κ3) is 5.58. The zero-order valence-corrected chi connectivity index (χ0v) is 24.0. The van der Waals surface area contributed by atoms with Crippen molar-refractivity contribution in [1.82, 2.24) is 9.47 Å². The van der Waals surface area contributed by atoms with E-state index >= 15 is 0 Å². The van der Waals surface area contributed by atoms with Crippen LogP contribution in [0, 0.1) is 5.82 Å². The molecule has 6 rings (SSSR count). The van der Waals surface area contributed by atoms with Crippen molar-refractivity contribution in [3.8, 4) is 5.75 Å². The summed E-state index contributed by atoms with van der Waals surface area (Å²) in [5, 5.41) is 12.8. The highest BCUT2D eigenvalue weighted by atomic mass is 19.1. The van der Waals surface area contributed by atoms with Crippen molar-refractivity contribution in [3.63, 3.8) is 0 Å². The number of aryl methyl sites for hydroxylation is 1. The fourth-order valence-corrected chi connectivity index (χ4v) is 5.89. The summed E-state index contributed by atoms with van der Waals surface area (Å²) >= 11 is 0. The van der Waals surface area contributed by atoms with E-state index in [2.05, 4.69) is 0 Å². The van der Waals surface area contributed by atoms with Crippen molar-refractivity contribution < 1.29 is 28.6 Å². The van der Waals surface area contributed by atoms with Gasteiger partial charge in [0.15, 0.2) is 0 Å². The number of carbonyl (C=O) groups is 3. The second kappa shape index (κ2) is 12.6. The van der Waals surface area contributed by atoms with Gasteiger partial charge in [0.2, 0.25) is 0 Å². The molecule has 4 aromatic carbocycles. The van der Waals surface area contributed by atoms with Crippen molar-refractivity contribution in [2.24, 2.45) is 0 Å². The van der Waals surface area contributed by atoms with Crippen LogP contribution in [0.3, 0.4) is 0 Å². The Morgan fingerprint density at radius 2 is 1.55 bits per heavy atom. The molecule has 0 bridgehead atoms. The SMILES string of the molecule is O=C(O)c1c(/C=C/CCCCN2C(=O)c3ccccc3C2=O)c2cc(F)ccc2n1CCCOc1cccc2ccccc12. The van der Waals surface area contributed by atoms with Crippen LogP contribution < -0.4 is 4.74 Å². The minimum Gasteiger partial charge on any atom is -0.493 e. The van der Waals surface area contributed by atoms with E-state index in [1.54, 1.807) is 41.0 Å². The maximum absolute atomic E-state index is 14.3. The highest BCUT2D eigenvalue weighted by molar-refractivity contribution is 6.21. The molecule has 1 aliphatic heterocycles. The van der Waals surface area contributed by atoms with Crippen molar-refractivity contribution in [2.45, 2.75) is 32.2 Å². The lowest BCUT2D eigenvalue weighted by atomic mass is 10.1. The Morgan fingerprint density at radius 1 is 0.818 bits per heavy atom. The number of rotatable bonds is 12. The number of carboxylic acid groups (broad SMARTS) is 1. The van der Waals surface area contributed by atoms with Crippen molar-refractivity contribution in [2.75, 3.05) is 13.2 Å². The molecule has 0 spiro atoms. The van der Waals surface area contributed by atoms with Crippen LogP contribution in [0.4, 0.5) is 4.39 Å². The van der Waals surface area contributed by atoms with E-state index in [-0.39, 0.29) is 17.5 Å². The molecule has 1 N–H and O–H groups in total. The molecule has 1 aliphatic rings. The van der Waals surface area contributed by atoms with Crippen LogP contribution >= 0.6 is 0 Å². The quantitative estimate of drug-likeness (QED) is 0.120. The van der Waals surface area contributed by atoms with Crippen LogP contribution in [-0.2, 0) is 6.54 Å². The van der Waals surface area contributed by atoms with Crippen LogP contribution in [0.2, 0.25) is 0 Å². The molecule has 44 heavy (non-hydrogen) atoms. The number of aromatic nitrogens is 1. The minimum absolute atomic E-state index is 0.0954. The molecule has 7 nitrogen and oxygen atoms in total. The van der Waals surface area contributed by atoms with Crippen LogP contribution in [0.25, 0.3) is 27.8 Å². The number of hydrogen-bond acceptors (Lipinski definition) is 4. The second-order valence-electron chi connectivity index (χ2n) is 10.8. The molecule has 2 amide bonds. The molecule has 0 fully saturated rings. The number of amides is 2. The highest BCUT2D eigenvalue weighted by Gasteiger charge is 2.34. The van der Waals surface area contributed by atoms with Crippen LogP contribution in [0.5, 0.6) is 5.75 Å². The molecule has 222 valence electrons. The first-order valence-corrected chi connectivity index (χ1v) is 14.7. The number of nitrogens with zero attached hydrogens (tertiary/aromatic N) is 2. The molecule has 0 saturated heterocycles. The smallest absolute Gasteiger partial charge is 0.353 e. The van der Waals surface area contributed by atoms with Gasteiger partial charge in [-0.25, -0.2) is 9.18 Å². The number of carbonyl (C=O) groups excluding carboxylic acids is 2. The third-order valence-corrected chi connectivity index (χ3v) is 7.97. The van der Waals surface area contributed by atoms with Gasteiger partial charge in [-0.2, -0.15) is 0 Å². The number of halogens is 1. The number of fused-ring (bicyclic) bond motifs is 3. The van der Waals surface area contributed by atoms with E-state index in [1.807, 2.05) is 48.5 Å².